The molecule has 0 bridgehead atoms. The molecule has 0 aliphatic rings. The average molecular weight is 374 g/mol. The minimum Gasteiger partial charge on any atom is -0.410 e. The summed E-state index contributed by atoms with van der Waals surface area (Å²) in [6, 6.07) is 12.1. The zero-order valence-electron chi connectivity index (χ0n) is 14.1. The molecule has 1 N–H and O–H groups in total. The first-order chi connectivity index (χ1) is 12.2. The molecule has 2 aromatic heterocycles. The Hall–Kier alpha value is -2.12. The topological polar surface area (TPSA) is 68.0 Å². The number of carbonyl (C=O) groups is 1. The monoisotopic (exact) mass is 373 g/mol. The molecule has 7 heteroatoms. The van der Waals surface area contributed by atoms with Gasteiger partial charge in [0.2, 0.25) is 5.91 Å². The molecular formula is C18H19N3O2S2. The second kappa shape index (κ2) is 8.31. The second-order valence-corrected chi connectivity index (χ2v) is 7.40. The maximum absolute atomic E-state index is 12.1. The fourth-order valence-corrected chi connectivity index (χ4v) is 3.52. The van der Waals surface area contributed by atoms with E-state index in [0.717, 1.165) is 16.9 Å². The van der Waals surface area contributed by atoms with Crippen LogP contribution >= 0.6 is 23.1 Å². The Balaban J connectivity index is 1.50. The molecule has 0 fully saturated rings. The van der Waals surface area contributed by atoms with Crippen LogP contribution in [0.25, 0.3) is 10.8 Å². The summed E-state index contributed by atoms with van der Waals surface area (Å²) in [6.07, 6.45) is 1.01. The van der Waals surface area contributed by atoms with E-state index in [9.17, 15) is 4.79 Å². The fourth-order valence-electron chi connectivity index (χ4n) is 2.30. The molecule has 1 aromatic carbocycles. The number of thioether (sulfide) groups is 1. The molecule has 1 atom stereocenters. The lowest BCUT2D eigenvalue weighted by atomic mass is 10.1. The van der Waals surface area contributed by atoms with Gasteiger partial charge < -0.3 is 9.73 Å². The van der Waals surface area contributed by atoms with Crippen molar-refractivity contribution in [3.05, 3.63) is 52.9 Å². The van der Waals surface area contributed by atoms with E-state index >= 15 is 0 Å². The summed E-state index contributed by atoms with van der Waals surface area (Å²) in [4.78, 5) is 13.1. The molecule has 0 saturated carbocycles. The van der Waals surface area contributed by atoms with Gasteiger partial charge in [0.25, 0.3) is 11.1 Å². The van der Waals surface area contributed by atoms with Crippen LogP contribution < -0.4 is 5.32 Å². The van der Waals surface area contributed by atoms with E-state index in [0.29, 0.717) is 11.1 Å². The van der Waals surface area contributed by atoms with Gasteiger partial charge in [0.15, 0.2) is 0 Å². The van der Waals surface area contributed by atoms with E-state index in [1.54, 1.807) is 0 Å². The summed E-state index contributed by atoms with van der Waals surface area (Å²) in [5.74, 6) is 0.666. The van der Waals surface area contributed by atoms with Crippen LogP contribution in [-0.2, 0) is 11.2 Å². The summed E-state index contributed by atoms with van der Waals surface area (Å²) >= 11 is 2.78. The first-order valence-electron chi connectivity index (χ1n) is 8.04. The second-order valence-electron chi connectivity index (χ2n) is 5.52. The molecule has 0 saturated heterocycles. The van der Waals surface area contributed by atoms with Gasteiger partial charge in [0, 0.05) is 0 Å². The summed E-state index contributed by atoms with van der Waals surface area (Å²) in [5, 5.41) is 13.3. The van der Waals surface area contributed by atoms with Gasteiger partial charge in [-0.3, -0.25) is 4.79 Å². The molecule has 1 amide bonds. The van der Waals surface area contributed by atoms with E-state index in [1.165, 1.54) is 28.7 Å². The zero-order chi connectivity index (χ0) is 17.6. The predicted molar refractivity (Wildman–Crippen MR) is 101 cm³/mol. The molecule has 25 heavy (non-hydrogen) atoms. The number of amides is 1. The molecule has 0 aliphatic heterocycles. The van der Waals surface area contributed by atoms with E-state index in [1.807, 2.05) is 24.4 Å². The maximum atomic E-state index is 12.1. The lowest BCUT2D eigenvalue weighted by molar-refractivity contribution is -0.119. The lowest BCUT2D eigenvalue weighted by Crippen LogP contribution is -2.28. The number of aromatic nitrogens is 2. The first-order valence-corrected chi connectivity index (χ1v) is 9.90. The minimum atomic E-state index is -0.0621. The van der Waals surface area contributed by atoms with Gasteiger partial charge in [-0.25, -0.2) is 0 Å². The Morgan fingerprint density at radius 3 is 2.76 bits per heavy atom. The minimum absolute atomic E-state index is 0.0385. The van der Waals surface area contributed by atoms with Crippen LogP contribution in [0.2, 0.25) is 0 Å². The number of thiophene rings is 1. The lowest BCUT2D eigenvalue weighted by Gasteiger charge is -2.14. The fraction of sp³-hybridized carbons (Fsp3) is 0.278. The number of hydrogen-bond donors (Lipinski definition) is 1. The molecule has 5 nitrogen and oxygen atoms in total. The Bertz CT molecular complexity index is 813. The molecule has 2 heterocycles. The van der Waals surface area contributed by atoms with Crippen molar-refractivity contribution in [2.45, 2.75) is 31.5 Å². The van der Waals surface area contributed by atoms with Gasteiger partial charge >= 0.3 is 0 Å². The van der Waals surface area contributed by atoms with Gasteiger partial charge in [0.05, 0.1) is 16.7 Å². The van der Waals surface area contributed by atoms with E-state index < -0.39 is 0 Å². The molecular weight excluding hydrogens is 354 g/mol. The maximum Gasteiger partial charge on any atom is 0.277 e. The van der Waals surface area contributed by atoms with Crippen molar-refractivity contribution < 1.29 is 9.21 Å². The van der Waals surface area contributed by atoms with Gasteiger partial charge in [-0.1, -0.05) is 49.0 Å². The number of hydrogen-bond acceptors (Lipinski definition) is 6. The van der Waals surface area contributed by atoms with E-state index in [2.05, 4.69) is 46.7 Å². The Morgan fingerprint density at radius 1 is 1.28 bits per heavy atom. The molecule has 1 unspecified atom stereocenters. The third-order valence-electron chi connectivity index (χ3n) is 3.73. The molecule has 0 radical (unpaired) electrons. The summed E-state index contributed by atoms with van der Waals surface area (Å²) in [6.45, 7) is 4.10. The third-order valence-corrected chi connectivity index (χ3v) is 5.41. The Labute approximate surface area is 154 Å². The first kappa shape index (κ1) is 17.7. The van der Waals surface area contributed by atoms with Crippen LogP contribution in [-0.4, -0.2) is 21.9 Å². The number of benzene rings is 1. The van der Waals surface area contributed by atoms with E-state index in [4.69, 9.17) is 4.42 Å². The largest absolute Gasteiger partial charge is 0.410 e. The van der Waals surface area contributed by atoms with Crippen molar-refractivity contribution in [3.8, 4) is 10.8 Å². The molecule has 0 aliphatic carbocycles. The van der Waals surface area contributed by atoms with Crippen LogP contribution in [0.4, 0.5) is 0 Å². The van der Waals surface area contributed by atoms with Crippen LogP contribution in [0, 0.1) is 0 Å². The Morgan fingerprint density at radius 2 is 2.08 bits per heavy atom. The Kier molecular flexibility index (Phi) is 5.88. The highest BCUT2D eigenvalue weighted by molar-refractivity contribution is 7.99. The smallest absolute Gasteiger partial charge is 0.277 e. The number of aryl methyl sites for hydroxylation is 1. The van der Waals surface area contributed by atoms with Crippen molar-refractivity contribution in [1.82, 2.24) is 15.5 Å². The van der Waals surface area contributed by atoms with Gasteiger partial charge in [-0.05, 0) is 35.9 Å². The summed E-state index contributed by atoms with van der Waals surface area (Å²) in [7, 11) is 0. The molecule has 3 rings (SSSR count). The van der Waals surface area contributed by atoms with Gasteiger partial charge in [-0.15, -0.1) is 21.5 Å². The van der Waals surface area contributed by atoms with Crippen LogP contribution in [0.5, 0.6) is 0 Å². The van der Waals surface area contributed by atoms with Gasteiger partial charge in [0.1, 0.15) is 0 Å². The predicted octanol–water partition coefficient (Wildman–Crippen LogP) is 4.33. The summed E-state index contributed by atoms with van der Waals surface area (Å²) in [5.41, 5.74) is 2.38. The van der Waals surface area contributed by atoms with Crippen LogP contribution in [0.15, 0.2) is 51.4 Å². The average Bonchev–Trinajstić information content (AvgIpc) is 3.31. The molecule has 0 spiro atoms. The highest BCUT2D eigenvalue weighted by Gasteiger charge is 2.14. The third kappa shape index (κ3) is 4.70. The number of rotatable bonds is 7. The zero-order valence-corrected chi connectivity index (χ0v) is 15.7. The SMILES string of the molecule is CCc1ccc(C(C)NC(=O)CSc2nnc(-c3cccs3)o2)cc1. The molecule has 130 valence electrons. The van der Waals surface area contributed by atoms with Crippen LogP contribution in [0.1, 0.15) is 31.0 Å². The number of nitrogens with one attached hydrogen (secondary N) is 1. The summed E-state index contributed by atoms with van der Waals surface area (Å²) < 4.78 is 5.56. The van der Waals surface area contributed by atoms with Crippen molar-refractivity contribution in [3.63, 3.8) is 0 Å². The molecule has 3 aromatic rings. The van der Waals surface area contributed by atoms with Crippen molar-refractivity contribution in [2.24, 2.45) is 0 Å². The van der Waals surface area contributed by atoms with Crippen molar-refractivity contribution in [1.29, 1.82) is 0 Å². The highest BCUT2D eigenvalue weighted by atomic mass is 32.2. The normalized spacial score (nSPS) is 12.1. The quantitative estimate of drug-likeness (QED) is 0.624. The van der Waals surface area contributed by atoms with Crippen LogP contribution in [0.3, 0.4) is 0 Å². The van der Waals surface area contributed by atoms with Crippen molar-refractivity contribution >= 4 is 29.0 Å². The van der Waals surface area contributed by atoms with E-state index in [-0.39, 0.29) is 17.7 Å². The number of carbonyl (C=O) groups excluding carboxylic acids is 1. The van der Waals surface area contributed by atoms with Gasteiger partial charge in [-0.2, -0.15) is 0 Å². The number of nitrogens with zero attached hydrogens (tertiary/aromatic N) is 2. The van der Waals surface area contributed by atoms with Crippen molar-refractivity contribution in [2.75, 3.05) is 5.75 Å². The standard InChI is InChI=1S/C18H19N3O2S2/c1-3-13-6-8-14(9-7-13)12(2)19-16(22)11-25-18-21-20-17(23-18)15-5-4-10-24-15/h4-10,12H,3,11H2,1-2H3,(H,19,22). The highest BCUT2D eigenvalue weighted by Crippen LogP contribution is 2.26.